The minimum Gasteiger partial charge on any atom is -0.410 e. The highest BCUT2D eigenvalue weighted by atomic mass is 16.6. The average molecular weight is 388 g/mol. The predicted molar refractivity (Wildman–Crippen MR) is 112 cm³/mol. The van der Waals surface area contributed by atoms with Gasteiger partial charge in [-0.05, 0) is 38.1 Å². The molecule has 0 spiro atoms. The first-order valence-electron chi connectivity index (χ1n) is 9.16. The highest BCUT2D eigenvalue weighted by molar-refractivity contribution is 5.98. The minimum absolute atomic E-state index is 0.120. The lowest BCUT2D eigenvalue weighted by molar-refractivity contribution is 0.215. The van der Waals surface area contributed by atoms with Gasteiger partial charge in [0.05, 0.1) is 5.39 Å². The number of anilines is 2. The van der Waals surface area contributed by atoms with E-state index in [1.165, 1.54) is 6.33 Å². The summed E-state index contributed by atoms with van der Waals surface area (Å²) in [6.45, 7) is 4.06. The second kappa shape index (κ2) is 7.59. The molecule has 0 unspecified atom stereocenters. The molecule has 0 atom stereocenters. The largest absolute Gasteiger partial charge is 0.417 e. The van der Waals surface area contributed by atoms with E-state index in [1.54, 1.807) is 36.4 Å². The molecule has 4 aromatic rings. The Morgan fingerprint density at radius 1 is 1.07 bits per heavy atom. The number of nitrogen functional groups attached to an aromatic ring is 1. The fourth-order valence-electron chi connectivity index (χ4n) is 3.01. The molecule has 2 aromatic heterocycles. The van der Waals surface area contributed by atoms with Crippen LogP contribution >= 0.6 is 0 Å². The molecule has 0 aliphatic heterocycles. The van der Waals surface area contributed by atoms with Crippen molar-refractivity contribution in [2.45, 2.75) is 19.9 Å². The van der Waals surface area contributed by atoms with Crippen molar-refractivity contribution in [3.63, 3.8) is 0 Å². The second-order valence-electron chi connectivity index (χ2n) is 6.75. The smallest absolute Gasteiger partial charge is 0.410 e. The number of aromatic nitrogens is 4. The Bertz CT molecular complexity index is 1150. The number of benzene rings is 2. The molecule has 0 aliphatic rings. The maximum absolute atomic E-state index is 12.1. The van der Waals surface area contributed by atoms with Gasteiger partial charge in [0.15, 0.2) is 5.65 Å². The third-order valence-corrected chi connectivity index (χ3v) is 4.37. The van der Waals surface area contributed by atoms with Crippen molar-refractivity contribution < 1.29 is 9.53 Å². The third kappa shape index (κ3) is 3.73. The normalized spacial score (nSPS) is 11.0. The Balaban J connectivity index is 1.59. The van der Waals surface area contributed by atoms with Gasteiger partial charge in [-0.1, -0.05) is 30.3 Å². The van der Waals surface area contributed by atoms with Gasteiger partial charge in [0, 0.05) is 17.3 Å². The van der Waals surface area contributed by atoms with Crippen molar-refractivity contribution in [3.8, 4) is 17.0 Å². The van der Waals surface area contributed by atoms with E-state index in [0.717, 1.165) is 5.56 Å². The van der Waals surface area contributed by atoms with Gasteiger partial charge in [-0.25, -0.2) is 19.4 Å². The van der Waals surface area contributed by atoms with Gasteiger partial charge in [0.2, 0.25) is 0 Å². The van der Waals surface area contributed by atoms with Crippen LogP contribution in [0.15, 0.2) is 60.9 Å². The average Bonchev–Trinajstić information content (AvgIpc) is 3.11. The van der Waals surface area contributed by atoms with Crippen LogP contribution in [-0.2, 0) is 0 Å². The lowest BCUT2D eigenvalue weighted by atomic mass is 10.1. The van der Waals surface area contributed by atoms with Crippen LogP contribution in [0.4, 0.5) is 16.3 Å². The Labute approximate surface area is 167 Å². The van der Waals surface area contributed by atoms with Crippen LogP contribution in [0, 0.1) is 0 Å². The maximum Gasteiger partial charge on any atom is 0.417 e. The van der Waals surface area contributed by atoms with E-state index in [0.29, 0.717) is 34.0 Å². The number of para-hydroxylation sites is 1. The molecule has 3 N–H and O–H groups in total. The zero-order valence-electron chi connectivity index (χ0n) is 16.0. The number of carbonyl (C=O) groups excluding carboxylic acids is 1. The van der Waals surface area contributed by atoms with E-state index < -0.39 is 6.09 Å². The number of nitrogens with zero attached hydrogens (tertiary/aromatic N) is 4. The molecule has 0 aliphatic carbocycles. The zero-order chi connectivity index (χ0) is 20.4. The molecule has 0 radical (unpaired) electrons. The molecular weight excluding hydrogens is 368 g/mol. The fourth-order valence-corrected chi connectivity index (χ4v) is 3.01. The molecular formula is C21H20N6O2. The highest BCUT2D eigenvalue weighted by Gasteiger charge is 2.18. The molecule has 0 saturated carbocycles. The monoisotopic (exact) mass is 388 g/mol. The molecule has 2 aromatic carbocycles. The molecule has 1 amide bonds. The van der Waals surface area contributed by atoms with E-state index in [2.05, 4.69) is 20.4 Å². The second-order valence-corrected chi connectivity index (χ2v) is 6.75. The number of carbonyl (C=O) groups is 1. The van der Waals surface area contributed by atoms with Gasteiger partial charge in [0.1, 0.15) is 23.6 Å². The maximum atomic E-state index is 12.1. The van der Waals surface area contributed by atoms with E-state index in [-0.39, 0.29) is 6.04 Å². The molecule has 0 fully saturated rings. The van der Waals surface area contributed by atoms with Crippen molar-refractivity contribution in [2.24, 2.45) is 0 Å². The fraction of sp³-hybridized carbons (Fsp3) is 0.143. The van der Waals surface area contributed by atoms with Gasteiger partial charge >= 0.3 is 6.09 Å². The summed E-state index contributed by atoms with van der Waals surface area (Å²) in [6.07, 6.45) is 0.879. The first kappa shape index (κ1) is 18.4. The summed E-state index contributed by atoms with van der Waals surface area (Å²) >= 11 is 0. The summed E-state index contributed by atoms with van der Waals surface area (Å²) in [7, 11) is 0. The number of nitrogens with two attached hydrogens (primary N) is 1. The lowest BCUT2D eigenvalue weighted by Gasteiger charge is -2.07. The Hall–Kier alpha value is -3.94. The number of hydrogen-bond donors (Lipinski definition) is 2. The first-order chi connectivity index (χ1) is 14.0. The molecule has 146 valence electrons. The summed E-state index contributed by atoms with van der Waals surface area (Å²) in [5, 5.41) is 8.11. The number of fused-ring (bicyclic) bond motifs is 1. The Morgan fingerprint density at radius 3 is 2.48 bits per heavy atom. The van der Waals surface area contributed by atoms with Gasteiger partial charge < -0.3 is 10.5 Å². The number of nitrogens with one attached hydrogen (secondary N) is 1. The van der Waals surface area contributed by atoms with Crippen molar-refractivity contribution in [2.75, 3.05) is 11.1 Å². The molecule has 0 bridgehead atoms. The van der Waals surface area contributed by atoms with Crippen LogP contribution < -0.4 is 15.8 Å². The van der Waals surface area contributed by atoms with E-state index in [9.17, 15) is 4.79 Å². The molecule has 8 heteroatoms. The number of ether oxygens (including phenoxy) is 1. The van der Waals surface area contributed by atoms with Crippen LogP contribution in [0.2, 0.25) is 0 Å². The first-order valence-corrected chi connectivity index (χ1v) is 9.16. The number of rotatable bonds is 4. The summed E-state index contributed by atoms with van der Waals surface area (Å²) in [4.78, 5) is 20.5. The Morgan fingerprint density at radius 2 is 1.79 bits per heavy atom. The van der Waals surface area contributed by atoms with E-state index in [1.807, 2.05) is 36.7 Å². The van der Waals surface area contributed by atoms with Crippen molar-refractivity contribution in [1.82, 2.24) is 19.7 Å². The topological polar surface area (TPSA) is 108 Å². The van der Waals surface area contributed by atoms with Crippen LogP contribution in [-0.4, -0.2) is 25.8 Å². The van der Waals surface area contributed by atoms with Crippen LogP contribution in [0.3, 0.4) is 0 Å². The minimum atomic E-state index is -0.559. The van der Waals surface area contributed by atoms with E-state index in [4.69, 9.17) is 10.5 Å². The summed E-state index contributed by atoms with van der Waals surface area (Å²) < 4.78 is 7.06. The summed E-state index contributed by atoms with van der Waals surface area (Å²) in [5.41, 5.74) is 8.94. The predicted octanol–water partition coefficient (Wildman–Crippen LogP) is 4.27. The van der Waals surface area contributed by atoms with Crippen LogP contribution in [0.25, 0.3) is 22.3 Å². The summed E-state index contributed by atoms with van der Waals surface area (Å²) in [6, 6.07) is 16.3. The van der Waals surface area contributed by atoms with Crippen molar-refractivity contribution in [3.05, 3.63) is 60.9 Å². The molecule has 29 heavy (non-hydrogen) atoms. The van der Waals surface area contributed by atoms with Crippen LogP contribution in [0.5, 0.6) is 5.75 Å². The SMILES string of the molecule is CC(C)n1nc(-c2ccc(NC(=O)Oc3ccccc3)cc2)c2c(N)ncnc21. The molecule has 4 rings (SSSR count). The van der Waals surface area contributed by atoms with Crippen LogP contribution in [0.1, 0.15) is 19.9 Å². The van der Waals surface area contributed by atoms with Gasteiger partial charge in [0.25, 0.3) is 0 Å². The number of hydrogen-bond acceptors (Lipinski definition) is 6. The zero-order valence-corrected chi connectivity index (χ0v) is 16.0. The van der Waals surface area contributed by atoms with E-state index >= 15 is 0 Å². The molecule has 0 saturated heterocycles. The van der Waals surface area contributed by atoms with Gasteiger partial charge in [-0.2, -0.15) is 5.10 Å². The van der Waals surface area contributed by atoms with Crippen molar-refractivity contribution in [1.29, 1.82) is 0 Å². The number of amides is 1. The van der Waals surface area contributed by atoms with Crippen molar-refractivity contribution >= 4 is 28.6 Å². The quantitative estimate of drug-likeness (QED) is 0.541. The molecule has 8 nitrogen and oxygen atoms in total. The Kier molecular flexibility index (Phi) is 4.82. The van der Waals surface area contributed by atoms with Gasteiger partial charge in [-0.3, -0.25) is 5.32 Å². The lowest BCUT2D eigenvalue weighted by Crippen LogP contribution is -2.16. The third-order valence-electron chi connectivity index (χ3n) is 4.37. The standard InChI is InChI=1S/C21H20N6O2/c1-13(2)27-20-17(19(22)23-12-24-20)18(26-27)14-8-10-15(11-9-14)25-21(28)29-16-6-4-3-5-7-16/h3-13H,1-2H3,(H,25,28)(H2,22,23,24). The summed E-state index contributed by atoms with van der Waals surface area (Å²) in [5.74, 6) is 0.855. The highest BCUT2D eigenvalue weighted by Crippen LogP contribution is 2.32. The van der Waals surface area contributed by atoms with Gasteiger partial charge in [-0.15, -0.1) is 0 Å². The molecule has 2 heterocycles.